The maximum Gasteiger partial charge on any atom is 0.313 e. The minimum Gasteiger partial charge on any atom is -0.497 e. The third kappa shape index (κ3) is 5.48. The minimum atomic E-state index is -0.504. The van der Waals surface area contributed by atoms with Crippen molar-refractivity contribution in [1.82, 2.24) is 0 Å². The Bertz CT molecular complexity index is 385. The molecule has 1 aromatic carbocycles. The standard InChI is InChI=1S/C12H14O4.C2H6/c1-3-16-12(14)8-11(13)9-5-4-6-10(7-9)15-2;1-2/h4-7H,3,8H2,1-2H3;1-2H3. The van der Waals surface area contributed by atoms with E-state index in [2.05, 4.69) is 0 Å². The second-order valence-electron chi connectivity index (χ2n) is 3.14. The second-order valence-corrected chi connectivity index (χ2v) is 3.14. The van der Waals surface area contributed by atoms with E-state index in [-0.39, 0.29) is 18.8 Å². The molecule has 0 spiro atoms. The number of carbonyl (C=O) groups is 2. The van der Waals surface area contributed by atoms with Crippen LogP contribution >= 0.6 is 0 Å². The molecule has 0 amide bonds. The van der Waals surface area contributed by atoms with Gasteiger partial charge in [-0.15, -0.1) is 0 Å². The summed E-state index contributed by atoms with van der Waals surface area (Å²) in [5.41, 5.74) is 0.451. The number of benzene rings is 1. The fourth-order valence-electron chi connectivity index (χ4n) is 1.24. The average molecular weight is 252 g/mol. The summed E-state index contributed by atoms with van der Waals surface area (Å²) in [4.78, 5) is 22.7. The Hall–Kier alpha value is -1.84. The van der Waals surface area contributed by atoms with Gasteiger partial charge < -0.3 is 9.47 Å². The molecule has 0 unspecified atom stereocenters. The first-order valence-corrected chi connectivity index (χ1v) is 6.00. The van der Waals surface area contributed by atoms with Gasteiger partial charge in [-0.1, -0.05) is 26.0 Å². The van der Waals surface area contributed by atoms with E-state index in [0.29, 0.717) is 11.3 Å². The number of hydrogen-bond acceptors (Lipinski definition) is 4. The molecule has 1 aromatic rings. The first kappa shape index (κ1) is 16.2. The fraction of sp³-hybridized carbons (Fsp3) is 0.429. The highest BCUT2D eigenvalue weighted by molar-refractivity contribution is 6.06. The van der Waals surface area contributed by atoms with Gasteiger partial charge in [0.25, 0.3) is 0 Å². The van der Waals surface area contributed by atoms with Gasteiger partial charge in [-0.2, -0.15) is 0 Å². The molecule has 4 nitrogen and oxygen atoms in total. The van der Waals surface area contributed by atoms with Crippen molar-refractivity contribution >= 4 is 11.8 Å². The van der Waals surface area contributed by atoms with Crippen LogP contribution in [0.2, 0.25) is 0 Å². The van der Waals surface area contributed by atoms with Crippen LogP contribution in [0.3, 0.4) is 0 Å². The Morgan fingerprint density at radius 1 is 1.22 bits per heavy atom. The molecule has 0 aliphatic rings. The predicted molar refractivity (Wildman–Crippen MR) is 69.9 cm³/mol. The van der Waals surface area contributed by atoms with Gasteiger partial charge in [0.05, 0.1) is 13.7 Å². The number of methoxy groups -OCH3 is 1. The Balaban J connectivity index is 0.00000137. The Morgan fingerprint density at radius 2 is 1.89 bits per heavy atom. The third-order valence-electron chi connectivity index (χ3n) is 2.00. The molecule has 0 aliphatic heterocycles. The third-order valence-corrected chi connectivity index (χ3v) is 2.00. The molecule has 0 heterocycles. The van der Waals surface area contributed by atoms with E-state index in [1.165, 1.54) is 7.11 Å². The van der Waals surface area contributed by atoms with Crippen molar-refractivity contribution in [3.05, 3.63) is 29.8 Å². The summed E-state index contributed by atoms with van der Waals surface area (Å²) in [6, 6.07) is 6.68. The smallest absolute Gasteiger partial charge is 0.313 e. The number of esters is 1. The molecular formula is C14H20O4. The van der Waals surface area contributed by atoms with Gasteiger partial charge in [-0.25, -0.2) is 0 Å². The van der Waals surface area contributed by atoms with Crippen molar-refractivity contribution in [3.63, 3.8) is 0 Å². The average Bonchev–Trinajstić information content (AvgIpc) is 2.41. The lowest BCUT2D eigenvalue weighted by Gasteiger charge is -2.03. The second kappa shape index (κ2) is 9.22. The quantitative estimate of drug-likeness (QED) is 0.459. The van der Waals surface area contributed by atoms with Crippen molar-refractivity contribution in [2.45, 2.75) is 27.2 Å². The van der Waals surface area contributed by atoms with Gasteiger partial charge >= 0.3 is 5.97 Å². The van der Waals surface area contributed by atoms with Gasteiger partial charge in [0.2, 0.25) is 0 Å². The highest BCUT2D eigenvalue weighted by Crippen LogP contribution is 2.14. The van der Waals surface area contributed by atoms with Crippen molar-refractivity contribution in [2.24, 2.45) is 0 Å². The Morgan fingerprint density at radius 3 is 2.44 bits per heavy atom. The van der Waals surface area contributed by atoms with Gasteiger partial charge in [0, 0.05) is 5.56 Å². The van der Waals surface area contributed by atoms with Gasteiger partial charge in [-0.3, -0.25) is 9.59 Å². The number of Topliss-reactive ketones (excluding diaryl/α,β-unsaturated/α-hetero) is 1. The number of hydrogen-bond donors (Lipinski definition) is 0. The van der Waals surface area contributed by atoms with E-state index in [9.17, 15) is 9.59 Å². The van der Waals surface area contributed by atoms with E-state index >= 15 is 0 Å². The number of ether oxygens (including phenoxy) is 2. The van der Waals surface area contributed by atoms with Crippen LogP contribution < -0.4 is 4.74 Å². The molecule has 100 valence electrons. The lowest BCUT2D eigenvalue weighted by atomic mass is 10.1. The van der Waals surface area contributed by atoms with E-state index < -0.39 is 5.97 Å². The van der Waals surface area contributed by atoms with Crippen molar-refractivity contribution in [3.8, 4) is 5.75 Å². The van der Waals surface area contributed by atoms with E-state index in [1.807, 2.05) is 13.8 Å². The van der Waals surface area contributed by atoms with Gasteiger partial charge in [0.1, 0.15) is 12.2 Å². The first-order valence-electron chi connectivity index (χ1n) is 6.00. The summed E-state index contributed by atoms with van der Waals surface area (Å²) in [7, 11) is 1.52. The number of carbonyl (C=O) groups excluding carboxylic acids is 2. The Labute approximate surface area is 108 Å². The molecule has 0 fully saturated rings. The fourth-order valence-corrected chi connectivity index (χ4v) is 1.24. The van der Waals surface area contributed by atoms with Crippen LogP contribution in [-0.4, -0.2) is 25.5 Å². The largest absolute Gasteiger partial charge is 0.497 e. The molecule has 0 radical (unpaired) electrons. The lowest BCUT2D eigenvalue weighted by Crippen LogP contribution is -2.11. The molecule has 1 rings (SSSR count). The SMILES string of the molecule is CC.CCOC(=O)CC(=O)c1cccc(OC)c1. The van der Waals surface area contributed by atoms with Crippen molar-refractivity contribution < 1.29 is 19.1 Å². The zero-order valence-corrected chi connectivity index (χ0v) is 11.4. The maximum atomic E-state index is 11.6. The lowest BCUT2D eigenvalue weighted by molar-refractivity contribution is -0.141. The monoisotopic (exact) mass is 252 g/mol. The summed E-state index contributed by atoms with van der Waals surface area (Å²) in [5, 5.41) is 0. The molecule has 0 atom stereocenters. The zero-order chi connectivity index (χ0) is 14.0. The summed E-state index contributed by atoms with van der Waals surface area (Å²) in [6.07, 6.45) is -0.235. The van der Waals surface area contributed by atoms with Crippen LogP contribution in [0.15, 0.2) is 24.3 Å². The maximum absolute atomic E-state index is 11.6. The molecule has 4 heteroatoms. The molecule has 0 saturated carbocycles. The summed E-state index contributed by atoms with van der Waals surface area (Å²) < 4.78 is 9.69. The van der Waals surface area contributed by atoms with Crippen LogP contribution in [0.25, 0.3) is 0 Å². The molecule has 0 saturated heterocycles. The number of ketones is 1. The molecule has 18 heavy (non-hydrogen) atoms. The number of rotatable bonds is 5. The summed E-state index contributed by atoms with van der Waals surface area (Å²) in [6.45, 7) is 5.98. The molecule has 0 N–H and O–H groups in total. The zero-order valence-electron chi connectivity index (χ0n) is 11.4. The Kier molecular flexibility index (Phi) is 8.27. The van der Waals surface area contributed by atoms with Crippen LogP contribution in [0.1, 0.15) is 37.6 Å². The molecule has 0 bridgehead atoms. The van der Waals surface area contributed by atoms with Crippen molar-refractivity contribution in [2.75, 3.05) is 13.7 Å². The highest BCUT2D eigenvalue weighted by atomic mass is 16.5. The molecule has 0 aliphatic carbocycles. The normalized spacial score (nSPS) is 8.89. The van der Waals surface area contributed by atoms with E-state index in [0.717, 1.165) is 0 Å². The van der Waals surface area contributed by atoms with E-state index in [1.54, 1.807) is 31.2 Å². The van der Waals surface area contributed by atoms with Crippen LogP contribution in [0.5, 0.6) is 5.75 Å². The predicted octanol–water partition coefficient (Wildman–Crippen LogP) is 2.86. The van der Waals surface area contributed by atoms with Gasteiger partial charge in [-0.05, 0) is 19.1 Å². The molecule has 0 aromatic heterocycles. The van der Waals surface area contributed by atoms with Crippen LogP contribution in [0, 0.1) is 0 Å². The van der Waals surface area contributed by atoms with Crippen molar-refractivity contribution in [1.29, 1.82) is 0 Å². The summed E-state index contributed by atoms with van der Waals surface area (Å²) in [5.74, 6) is -0.178. The molecular weight excluding hydrogens is 232 g/mol. The van der Waals surface area contributed by atoms with E-state index in [4.69, 9.17) is 9.47 Å². The highest BCUT2D eigenvalue weighted by Gasteiger charge is 2.12. The van der Waals surface area contributed by atoms with Crippen LogP contribution in [-0.2, 0) is 9.53 Å². The summed E-state index contributed by atoms with van der Waals surface area (Å²) >= 11 is 0. The first-order chi connectivity index (χ1) is 8.67. The topological polar surface area (TPSA) is 52.6 Å². The van der Waals surface area contributed by atoms with Crippen LogP contribution in [0.4, 0.5) is 0 Å². The van der Waals surface area contributed by atoms with Gasteiger partial charge in [0.15, 0.2) is 5.78 Å². The minimum absolute atomic E-state index is 0.235.